The van der Waals surface area contributed by atoms with Gasteiger partial charge in [0.15, 0.2) is 5.11 Å². The molecule has 0 amide bonds. The van der Waals surface area contributed by atoms with E-state index in [9.17, 15) is 8.42 Å². The Balaban J connectivity index is 3.01. The summed E-state index contributed by atoms with van der Waals surface area (Å²) in [6.45, 7) is 0. The van der Waals surface area contributed by atoms with Crippen LogP contribution in [0.25, 0.3) is 0 Å². The first-order valence-electron chi connectivity index (χ1n) is 3.92. The van der Waals surface area contributed by atoms with Crippen LogP contribution >= 0.6 is 12.2 Å². The number of hydrogen-bond acceptors (Lipinski definition) is 4. The van der Waals surface area contributed by atoms with E-state index in [-0.39, 0.29) is 10.0 Å². The Hall–Kier alpha value is -1.34. The molecule has 0 radical (unpaired) electrons. The van der Waals surface area contributed by atoms with Crippen molar-refractivity contribution >= 4 is 27.4 Å². The normalized spacial score (nSPS) is 10.7. The van der Waals surface area contributed by atoms with Gasteiger partial charge in [0, 0.05) is 0 Å². The van der Waals surface area contributed by atoms with Gasteiger partial charge < -0.3 is 10.5 Å². The van der Waals surface area contributed by atoms with E-state index in [4.69, 9.17) is 10.5 Å². The zero-order valence-corrected chi connectivity index (χ0v) is 9.56. The second-order valence-corrected chi connectivity index (χ2v) is 4.77. The van der Waals surface area contributed by atoms with Crippen LogP contribution in [0.3, 0.4) is 0 Å². The number of methoxy groups -OCH3 is 1. The van der Waals surface area contributed by atoms with Crippen molar-refractivity contribution in [3.63, 3.8) is 0 Å². The molecule has 5 nitrogen and oxygen atoms in total. The second kappa shape index (κ2) is 4.45. The molecule has 1 rings (SSSR count). The molecule has 1 aromatic carbocycles. The van der Waals surface area contributed by atoms with Crippen molar-refractivity contribution in [2.24, 2.45) is 5.73 Å². The predicted octanol–water partition coefficient (Wildman–Crippen LogP) is 0.217. The molecule has 82 valence electrons. The molecule has 0 aliphatic rings. The van der Waals surface area contributed by atoms with E-state index in [1.165, 1.54) is 31.4 Å². The zero-order valence-electron chi connectivity index (χ0n) is 7.93. The van der Waals surface area contributed by atoms with Crippen LogP contribution in [-0.4, -0.2) is 20.6 Å². The van der Waals surface area contributed by atoms with E-state index < -0.39 is 10.0 Å². The summed E-state index contributed by atoms with van der Waals surface area (Å²) in [5, 5.41) is -0.286. The fourth-order valence-corrected chi connectivity index (χ4v) is 2.15. The number of ether oxygens (including phenoxy) is 1. The third-order valence-corrected chi connectivity index (χ3v) is 3.22. The summed E-state index contributed by atoms with van der Waals surface area (Å²) < 4.78 is 30.0. The standard InChI is InChI=1S/C8H10N2O3S2/c1-13-6-2-4-7(5-3-6)15(11,12)10-8(9)14/h2-5H,1H3,(H3,9,10,14). The van der Waals surface area contributed by atoms with Crippen molar-refractivity contribution < 1.29 is 13.2 Å². The molecule has 15 heavy (non-hydrogen) atoms. The highest BCUT2D eigenvalue weighted by Gasteiger charge is 2.13. The van der Waals surface area contributed by atoms with Gasteiger partial charge in [-0.3, -0.25) is 4.72 Å². The van der Waals surface area contributed by atoms with E-state index in [0.29, 0.717) is 5.75 Å². The van der Waals surface area contributed by atoms with Crippen molar-refractivity contribution in [2.45, 2.75) is 4.90 Å². The molecule has 0 saturated carbocycles. The lowest BCUT2D eigenvalue weighted by molar-refractivity contribution is 0.414. The maximum atomic E-state index is 11.5. The lowest BCUT2D eigenvalue weighted by atomic mass is 10.3. The smallest absolute Gasteiger partial charge is 0.263 e. The first-order valence-corrected chi connectivity index (χ1v) is 5.81. The number of sulfonamides is 1. The van der Waals surface area contributed by atoms with Crippen molar-refractivity contribution in [2.75, 3.05) is 7.11 Å². The topological polar surface area (TPSA) is 81.4 Å². The average Bonchev–Trinajstić information content (AvgIpc) is 2.16. The summed E-state index contributed by atoms with van der Waals surface area (Å²) in [4.78, 5) is 0.0797. The largest absolute Gasteiger partial charge is 0.497 e. The van der Waals surface area contributed by atoms with Crippen molar-refractivity contribution in [3.8, 4) is 5.75 Å². The van der Waals surface area contributed by atoms with Crippen LogP contribution < -0.4 is 15.2 Å². The molecular formula is C8H10N2O3S2. The van der Waals surface area contributed by atoms with Gasteiger partial charge in [0.1, 0.15) is 5.75 Å². The zero-order chi connectivity index (χ0) is 11.5. The Morgan fingerprint density at radius 2 is 1.93 bits per heavy atom. The van der Waals surface area contributed by atoms with Gasteiger partial charge in [0.25, 0.3) is 10.0 Å². The number of nitrogens with one attached hydrogen (secondary N) is 1. The highest BCUT2D eigenvalue weighted by Crippen LogP contribution is 2.14. The van der Waals surface area contributed by atoms with Crippen LogP contribution in [0.15, 0.2) is 29.2 Å². The maximum Gasteiger partial charge on any atom is 0.263 e. The predicted molar refractivity (Wildman–Crippen MR) is 60.1 cm³/mol. The van der Waals surface area contributed by atoms with Gasteiger partial charge in [-0.05, 0) is 36.5 Å². The average molecular weight is 246 g/mol. The van der Waals surface area contributed by atoms with Gasteiger partial charge in [0.2, 0.25) is 0 Å². The lowest BCUT2D eigenvalue weighted by Gasteiger charge is -2.06. The molecule has 0 aliphatic heterocycles. The van der Waals surface area contributed by atoms with Crippen LogP contribution in [0, 0.1) is 0 Å². The highest BCUT2D eigenvalue weighted by atomic mass is 32.2. The summed E-state index contributed by atoms with van der Waals surface area (Å²) in [5.41, 5.74) is 5.09. The molecule has 0 saturated heterocycles. The van der Waals surface area contributed by atoms with Gasteiger partial charge >= 0.3 is 0 Å². The van der Waals surface area contributed by atoms with Gasteiger partial charge in [-0.1, -0.05) is 0 Å². The molecule has 0 heterocycles. The number of rotatable bonds is 3. The van der Waals surface area contributed by atoms with Gasteiger partial charge in [-0.15, -0.1) is 0 Å². The minimum absolute atomic E-state index is 0.0797. The van der Waals surface area contributed by atoms with E-state index in [0.717, 1.165) is 0 Å². The summed E-state index contributed by atoms with van der Waals surface area (Å²) in [6.07, 6.45) is 0. The monoisotopic (exact) mass is 246 g/mol. The summed E-state index contributed by atoms with van der Waals surface area (Å²) >= 11 is 4.46. The molecule has 0 spiro atoms. The van der Waals surface area contributed by atoms with Crippen LogP contribution in [0.4, 0.5) is 0 Å². The third kappa shape index (κ3) is 3.07. The van der Waals surface area contributed by atoms with Crippen LogP contribution in [-0.2, 0) is 10.0 Å². The summed E-state index contributed by atoms with van der Waals surface area (Å²) in [7, 11) is -2.16. The van der Waals surface area contributed by atoms with Crippen LogP contribution in [0.2, 0.25) is 0 Å². The number of nitrogens with two attached hydrogens (primary N) is 1. The van der Waals surface area contributed by atoms with Crippen LogP contribution in [0.5, 0.6) is 5.75 Å². The number of thiocarbonyl (C=S) groups is 1. The van der Waals surface area contributed by atoms with E-state index in [2.05, 4.69) is 12.2 Å². The Morgan fingerprint density at radius 3 is 2.33 bits per heavy atom. The fourth-order valence-electron chi connectivity index (χ4n) is 0.946. The minimum atomic E-state index is -3.66. The van der Waals surface area contributed by atoms with Crippen molar-refractivity contribution in [3.05, 3.63) is 24.3 Å². The number of hydrogen-bond donors (Lipinski definition) is 2. The quantitative estimate of drug-likeness (QED) is 0.745. The van der Waals surface area contributed by atoms with Gasteiger partial charge in [-0.2, -0.15) is 0 Å². The molecule has 0 unspecified atom stereocenters. The third-order valence-electron chi connectivity index (χ3n) is 1.60. The fraction of sp³-hybridized carbons (Fsp3) is 0.125. The molecule has 0 fully saturated rings. The Morgan fingerprint density at radius 1 is 1.40 bits per heavy atom. The van der Waals surface area contributed by atoms with Crippen molar-refractivity contribution in [1.29, 1.82) is 0 Å². The Bertz CT molecular complexity index is 453. The first-order chi connectivity index (χ1) is 6.95. The second-order valence-electron chi connectivity index (χ2n) is 2.65. The van der Waals surface area contributed by atoms with E-state index in [1.54, 1.807) is 0 Å². The van der Waals surface area contributed by atoms with E-state index in [1.807, 2.05) is 4.72 Å². The summed E-state index contributed by atoms with van der Waals surface area (Å²) in [6, 6.07) is 5.88. The molecule has 0 aromatic heterocycles. The minimum Gasteiger partial charge on any atom is -0.497 e. The SMILES string of the molecule is COc1ccc(S(=O)(=O)NC(N)=S)cc1. The molecule has 3 N–H and O–H groups in total. The molecule has 0 bridgehead atoms. The highest BCUT2D eigenvalue weighted by molar-refractivity contribution is 7.91. The van der Waals surface area contributed by atoms with Gasteiger partial charge in [-0.25, -0.2) is 8.42 Å². The Kier molecular flexibility index (Phi) is 3.48. The lowest BCUT2D eigenvalue weighted by Crippen LogP contribution is -2.34. The maximum absolute atomic E-state index is 11.5. The molecule has 7 heteroatoms. The molecule has 0 atom stereocenters. The van der Waals surface area contributed by atoms with Crippen LogP contribution in [0.1, 0.15) is 0 Å². The summed E-state index contributed by atoms with van der Waals surface area (Å²) in [5.74, 6) is 0.573. The first kappa shape index (κ1) is 11.7. The van der Waals surface area contributed by atoms with Crippen molar-refractivity contribution in [1.82, 2.24) is 4.72 Å². The molecule has 1 aromatic rings. The molecule has 0 aliphatic carbocycles. The van der Waals surface area contributed by atoms with E-state index >= 15 is 0 Å². The molecular weight excluding hydrogens is 236 g/mol. The number of benzene rings is 1. The van der Waals surface area contributed by atoms with Gasteiger partial charge in [0.05, 0.1) is 12.0 Å². The Labute approximate surface area is 93.3 Å².